The predicted molar refractivity (Wildman–Crippen MR) is 75.0 cm³/mol. The van der Waals surface area contributed by atoms with Crippen LogP contribution in [0.25, 0.3) is 0 Å². The van der Waals surface area contributed by atoms with Crippen LogP contribution in [-0.2, 0) is 19.0 Å². The summed E-state index contributed by atoms with van der Waals surface area (Å²) < 4.78 is 32.1. The smallest absolute Gasteiger partial charge is 0.342 e. The summed E-state index contributed by atoms with van der Waals surface area (Å²) in [5.74, 6) is -1.62. The summed E-state index contributed by atoms with van der Waals surface area (Å²) in [4.78, 5) is 35.9. The second-order valence-corrected chi connectivity index (χ2v) is 6.69. The average molecular weight is 366 g/mol. The number of aromatic nitrogens is 2. The summed E-state index contributed by atoms with van der Waals surface area (Å²) in [6.45, 7) is -0.628. The van der Waals surface area contributed by atoms with Crippen LogP contribution in [0, 0.1) is 0 Å². The number of H-pyrrole nitrogens is 1. The van der Waals surface area contributed by atoms with E-state index in [9.17, 15) is 33.0 Å². The van der Waals surface area contributed by atoms with Crippen molar-refractivity contribution in [2.24, 2.45) is 0 Å². The number of hydrogen-bond acceptors (Lipinski definition) is 9. The number of ether oxygens (including phenoxy) is 1. The summed E-state index contributed by atoms with van der Waals surface area (Å²) in [5.41, 5.74) is -3.00. The van der Waals surface area contributed by atoms with Gasteiger partial charge < -0.3 is 20.1 Å². The first-order valence-corrected chi connectivity index (χ1v) is 8.27. The zero-order valence-corrected chi connectivity index (χ0v) is 13.0. The highest BCUT2D eigenvalue weighted by molar-refractivity contribution is 7.85. The topological polar surface area (TPSA) is 185 Å². The number of carboxylic acids is 1. The number of carbonyl (C=O) groups is 1. The molecular formula is C11H14N2O10S. The highest BCUT2D eigenvalue weighted by Gasteiger charge is 2.44. The van der Waals surface area contributed by atoms with E-state index in [1.165, 1.54) is 0 Å². The van der Waals surface area contributed by atoms with Gasteiger partial charge in [-0.05, 0) is 0 Å². The van der Waals surface area contributed by atoms with Crippen LogP contribution < -0.4 is 11.2 Å². The Morgan fingerprint density at radius 2 is 2.00 bits per heavy atom. The third kappa shape index (κ3) is 3.70. The summed E-state index contributed by atoms with van der Waals surface area (Å²) in [7, 11) is -3.83. The largest absolute Gasteiger partial charge is 0.477 e. The van der Waals surface area contributed by atoms with Gasteiger partial charge in [0.1, 0.15) is 23.9 Å². The second kappa shape index (κ2) is 6.45. The SMILES string of the molecule is CS(=O)(=O)OC[C@H]1O[C@@H](n2cc(C(=O)O)c(=O)[nH]c2=O)[C@H](O)[C@@H]1O. The minimum Gasteiger partial charge on any atom is -0.477 e. The predicted octanol–water partition coefficient (Wildman–Crippen LogP) is -3.17. The fourth-order valence-electron chi connectivity index (χ4n) is 2.11. The van der Waals surface area contributed by atoms with E-state index in [4.69, 9.17) is 9.84 Å². The molecule has 0 aliphatic carbocycles. The summed E-state index contributed by atoms with van der Waals surface area (Å²) in [6.07, 6.45) is -4.72. The Kier molecular flexibility index (Phi) is 4.91. The molecule has 1 aromatic heterocycles. The maximum atomic E-state index is 11.8. The first-order valence-electron chi connectivity index (χ1n) is 6.46. The van der Waals surface area contributed by atoms with Crippen molar-refractivity contribution >= 4 is 16.1 Å². The fraction of sp³-hybridized carbons (Fsp3) is 0.545. The van der Waals surface area contributed by atoms with E-state index < -0.39 is 64.0 Å². The molecule has 4 atom stereocenters. The molecule has 2 rings (SSSR count). The van der Waals surface area contributed by atoms with Crippen LogP contribution in [0.1, 0.15) is 16.6 Å². The molecule has 1 saturated heterocycles. The molecule has 24 heavy (non-hydrogen) atoms. The lowest BCUT2D eigenvalue weighted by Gasteiger charge is -2.17. The Morgan fingerprint density at radius 1 is 1.38 bits per heavy atom. The van der Waals surface area contributed by atoms with Crippen molar-refractivity contribution in [1.29, 1.82) is 0 Å². The maximum Gasteiger partial charge on any atom is 0.342 e. The van der Waals surface area contributed by atoms with E-state index in [1.807, 2.05) is 0 Å². The molecular weight excluding hydrogens is 352 g/mol. The summed E-state index contributed by atoms with van der Waals surface area (Å²) in [5, 5.41) is 28.7. The van der Waals surface area contributed by atoms with Gasteiger partial charge in [-0.1, -0.05) is 0 Å². The van der Waals surface area contributed by atoms with Crippen molar-refractivity contribution in [3.63, 3.8) is 0 Å². The van der Waals surface area contributed by atoms with E-state index in [0.29, 0.717) is 10.8 Å². The lowest BCUT2D eigenvalue weighted by molar-refractivity contribution is -0.0509. The van der Waals surface area contributed by atoms with Crippen LogP contribution in [0.4, 0.5) is 0 Å². The van der Waals surface area contributed by atoms with Crippen LogP contribution in [0.15, 0.2) is 15.8 Å². The van der Waals surface area contributed by atoms with E-state index in [0.717, 1.165) is 6.26 Å². The van der Waals surface area contributed by atoms with Crippen LogP contribution in [-0.4, -0.2) is 70.4 Å². The molecule has 0 amide bonds. The van der Waals surface area contributed by atoms with Crippen LogP contribution in [0.2, 0.25) is 0 Å². The Hall–Kier alpha value is -2.06. The molecule has 4 N–H and O–H groups in total. The van der Waals surface area contributed by atoms with Gasteiger partial charge in [0.05, 0.1) is 12.9 Å². The van der Waals surface area contributed by atoms with Gasteiger partial charge in [-0.3, -0.25) is 18.5 Å². The van der Waals surface area contributed by atoms with E-state index in [1.54, 1.807) is 4.98 Å². The van der Waals surface area contributed by atoms with Crippen molar-refractivity contribution in [2.75, 3.05) is 12.9 Å². The zero-order valence-electron chi connectivity index (χ0n) is 12.1. The van der Waals surface area contributed by atoms with Gasteiger partial charge in [-0.2, -0.15) is 8.42 Å². The Labute approximate surface area is 134 Å². The monoisotopic (exact) mass is 366 g/mol. The molecule has 13 heteroatoms. The maximum absolute atomic E-state index is 11.8. The van der Waals surface area contributed by atoms with Crippen molar-refractivity contribution in [2.45, 2.75) is 24.5 Å². The second-order valence-electron chi connectivity index (χ2n) is 5.05. The third-order valence-corrected chi connectivity index (χ3v) is 3.82. The Morgan fingerprint density at radius 3 is 2.54 bits per heavy atom. The number of aliphatic hydroxyl groups excluding tert-OH is 2. The van der Waals surface area contributed by atoms with Crippen LogP contribution >= 0.6 is 0 Å². The van der Waals surface area contributed by atoms with Gasteiger partial charge in [0.15, 0.2) is 6.23 Å². The molecule has 0 spiro atoms. The molecule has 0 radical (unpaired) electrons. The molecule has 2 heterocycles. The minimum absolute atomic E-state index is 0.583. The molecule has 134 valence electrons. The number of carboxylic acid groups (broad SMARTS) is 1. The number of aliphatic hydroxyl groups is 2. The average Bonchev–Trinajstić information content (AvgIpc) is 2.72. The number of nitrogens with zero attached hydrogens (tertiary/aromatic N) is 1. The molecule has 0 bridgehead atoms. The third-order valence-electron chi connectivity index (χ3n) is 3.26. The highest BCUT2D eigenvalue weighted by Crippen LogP contribution is 2.28. The standard InChI is InChI=1S/C11H14N2O10S/c1-24(20,21)22-3-5-6(14)7(15)9(23-5)13-2-4(10(17)18)8(16)12-11(13)19/h2,5-7,9,14-15H,3H2,1H3,(H,17,18)(H,12,16,19)/t5-,6-,7-,9-/m1/s1. The molecule has 1 fully saturated rings. The molecule has 0 saturated carbocycles. The van der Waals surface area contributed by atoms with Gasteiger partial charge in [0, 0.05) is 6.20 Å². The van der Waals surface area contributed by atoms with Gasteiger partial charge in [-0.15, -0.1) is 0 Å². The molecule has 12 nitrogen and oxygen atoms in total. The quantitative estimate of drug-likeness (QED) is 0.387. The Bertz CT molecular complexity index is 856. The van der Waals surface area contributed by atoms with E-state index in [-0.39, 0.29) is 0 Å². The first kappa shape index (κ1) is 18.3. The highest BCUT2D eigenvalue weighted by atomic mass is 32.2. The van der Waals surface area contributed by atoms with Crippen molar-refractivity contribution in [1.82, 2.24) is 9.55 Å². The van der Waals surface area contributed by atoms with Crippen molar-refractivity contribution in [3.05, 3.63) is 32.6 Å². The van der Waals surface area contributed by atoms with Gasteiger partial charge in [0.25, 0.3) is 15.7 Å². The van der Waals surface area contributed by atoms with Gasteiger partial charge >= 0.3 is 11.7 Å². The van der Waals surface area contributed by atoms with E-state index in [2.05, 4.69) is 4.18 Å². The first-order chi connectivity index (χ1) is 11.0. The van der Waals surface area contributed by atoms with Gasteiger partial charge in [-0.25, -0.2) is 9.59 Å². The molecule has 0 aromatic carbocycles. The lowest BCUT2D eigenvalue weighted by Crippen LogP contribution is -2.39. The number of rotatable bonds is 5. The zero-order chi connectivity index (χ0) is 18.2. The van der Waals surface area contributed by atoms with Crippen molar-refractivity contribution in [3.8, 4) is 0 Å². The molecule has 1 aromatic rings. The number of hydrogen-bond donors (Lipinski definition) is 4. The summed E-state index contributed by atoms with van der Waals surface area (Å²) >= 11 is 0. The lowest BCUT2D eigenvalue weighted by atomic mass is 10.1. The van der Waals surface area contributed by atoms with Crippen molar-refractivity contribution < 1.29 is 37.5 Å². The molecule has 0 unspecified atom stereocenters. The number of nitrogens with one attached hydrogen (secondary N) is 1. The minimum atomic E-state index is -3.83. The number of aromatic amines is 1. The molecule has 1 aliphatic rings. The Balaban J connectivity index is 2.33. The van der Waals surface area contributed by atoms with Gasteiger partial charge in [0.2, 0.25) is 0 Å². The molecule has 1 aliphatic heterocycles. The normalized spacial score (nSPS) is 27.3. The fourth-order valence-corrected chi connectivity index (χ4v) is 2.50. The van der Waals surface area contributed by atoms with Crippen LogP contribution in [0.5, 0.6) is 0 Å². The summed E-state index contributed by atoms with van der Waals surface area (Å²) in [6, 6.07) is 0. The van der Waals surface area contributed by atoms with E-state index >= 15 is 0 Å². The van der Waals surface area contributed by atoms with Crippen LogP contribution in [0.3, 0.4) is 0 Å². The number of aromatic carboxylic acids is 1.